The van der Waals surface area contributed by atoms with Gasteiger partial charge in [-0.15, -0.1) is 0 Å². The second-order valence-electron chi connectivity index (χ2n) is 4.23. The molecule has 5 nitrogen and oxygen atoms in total. The van der Waals surface area contributed by atoms with Gasteiger partial charge in [-0.1, -0.05) is 17.7 Å². The van der Waals surface area contributed by atoms with Crippen LogP contribution in [-0.2, 0) is 21.3 Å². The largest absolute Gasteiger partial charge is 0.382 e. The predicted octanol–water partition coefficient (Wildman–Crippen LogP) is 1.76. The molecule has 0 aliphatic heterocycles. The van der Waals surface area contributed by atoms with Gasteiger partial charge in [-0.05, 0) is 38.1 Å². The summed E-state index contributed by atoms with van der Waals surface area (Å²) in [6.45, 7) is 4.02. The first-order valence-corrected chi connectivity index (χ1v) is 8.37. The molecule has 0 spiro atoms. The van der Waals surface area contributed by atoms with Crippen LogP contribution in [-0.4, -0.2) is 35.2 Å². The Morgan fingerprint density at radius 2 is 2.10 bits per heavy atom. The minimum Gasteiger partial charge on any atom is -0.382 e. The van der Waals surface area contributed by atoms with Crippen molar-refractivity contribution in [3.05, 3.63) is 28.8 Å². The SMILES string of the molecule is CCOCCCNS(=O)(=O)c1ccc(CNC)c(Cl)c1. The van der Waals surface area contributed by atoms with Crippen LogP contribution in [0.4, 0.5) is 0 Å². The lowest BCUT2D eigenvalue weighted by Crippen LogP contribution is -2.25. The highest BCUT2D eigenvalue weighted by Crippen LogP contribution is 2.20. The van der Waals surface area contributed by atoms with Crippen molar-refractivity contribution >= 4 is 21.6 Å². The van der Waals surface area contributed by atoms with E-state index in [-0.39, 0.29) is 4.90 Å². The van der Waals surface area contributed by atoms with E-state index in [4.69, 9.17) is 16.3 Å². The highest BCUT2D eigenvalue weighted by molar-refractivity contribution is 7.89. The summed E-state index contributed by atoms with van der Waals surface area (Å²) in [5, 5.41) is 3.41. The summed E-state index contributed by atoms with van der Waals surface area (Å²) in [7, 11) is -1.71. The maximum atomic E-state index is 12.1. The van der Waals surface area contributed by atoms with Crippen LogP contribution in [0.15, 0.2) is 23.1 Å². The van der Waals surface area contributed by atoms with Crippen molar-refractivity contribution in [1.29, 1.82) is 0 Å². The van der Waals surface area contributed by atoms with Crippen LogP contribution >= 0.6 is 11.6 Å². The molecule has 7 heteroatoms. The number of ether oxygens (including phenoxy) is 1. The molecule has 0 bridgehead atoms. The Kier molecular flexibility index (Phi) is 7.47. The molecule has 1 rings (SSSR count). The molecular weight excluding hydrogens is 300 g/mol. The fourth-order valence-corrected chi connectivity index (χ4v) is 3.05. The summed E-state index contributed by atoms with van der Waals surface area (Å²) in [5.41, 5.74) is 0.865. The van der Waals surface area contributed by atoms with E-state index in [9.17, 15) is 8.42 Å². The minimum atomic E-state index is -3.51. The van der Waals surface area contributed by atoms with E-state index in [1.165, 1.54) is 6.07 Å². The quantitative estimate of drug-likeness (QED) is 0.680. The molecule has 0 atom stereocenters. The molecule has 0 radical (unpaired) electrons. The van der Waals surface area contributed by atoms with Gasteiger partial charge in [-0.2, -0.15) is 0 Å². The number of nitrogens with one attached hydrogen (secondary N) is 2. The van der Waals surface area contributed by atoms with E-state index >= 15 is 0 Å². The summed E-state index contributed by atoms with van der Waals surface area (Å²) in [5.74, 6) is 0. The highest BCUT2D eigenvalue weighted by atomic mass is 35.5. The first-order chi connectivity index (χ1) is 9.51. The van der Waals surface area contributed by atoms with Gasteiger partial charge in [0.1, 0.15) is 0 Å². The minimum absolute atomic E-state index is 0.179. The molecular formula is C13H21ClN2O3S. The van der Waals surface area contributed by atoms with E-state index < -0.39 is 10.0 Å². The van der Waals surface area contributed by atoms with Crippen molar-refractivity contribution in [3.8, 4) is 0 Å². The maximum Gasteiger partial charge on any atom is 0.240 e. The van der Waals surface area contributed by atoms with Crippen LogP contribution in [0.3, 0.4) is 0 Å². The lowest BCUT2D eigenvalue weighted by atomic mass is 10.2. The van der Waals surface area contributed by atoms with Crippen molar-refractivity contribution in [2.24, 2.45) is 0 Å². The Bertz CT molecular complexity index is 520. The standard InChI is InChI=1S/C13H21ClN2O3S/c1-3-19-8-4-7-16-20(17,18)12-6-5-11(10-15-2)13(14)9-12/h5-6,9,15-16H,3-4,7-8,10H2,1-2H3. The van der Waals surface area contributed by atoms with E-state index in [2.05, 4.69) is 10.0 Å². The predicted molar refractivity (Wildman–Crippen MR) is 80.5 cm³/mol. The van der Waals surface area contributed by atoms with Crippen molar-refractivity contribution < 1.29 is 13.2 Å². The van der Waals surface area contributed by atoms with Crippen molar-refractivity contribution in [1.82, 2.24) is 10.0 Å². The molecule has 0 aliphatic carbocycles. The van der Waals surface area contributed by atoms with E-state index in [0.29, 0.717) is 37.7 Å². The molecule has 0 saturated carbocycles. The van der Waals surface area contributed by atoms with E-state index in [1.54, 1.807) is 19.2 Å². The second kappa shape index (κ2) is 8.59. The lowest BCUT2D eigenvalue weighted by Gasteiger charge is -2.09. The summed E-state index contributed by atoms with van der Waals surface area (Å²) in [6.07, 6.45) is 0.638. The first kappa shape index (κ1) is 17.4. The van der Waals surface area contributed by atoms with E-state index in [1.807, 2.05) is 6.92 Å². The molecule has 0 saturated heterocycles. The molecule has 2 N–H and O–H groups in total. The van der Waals surface area contributed by atoms with Gasteiger partial charge in [0.25, 0.3) is 0 Å². The summed E-state index contributed by atoms with van der Waals surface area (Å²) in [4.78, 5) is 0.179. The molecule has 0 heterocycles. The van der Waals surface area contributed by atoms with Crippen LogP contribution in [0, 0.1) is 0 Å². The van der Waals surface area contributed by atoms with Crippen LogP contribution in [0.5, 0.6) is 0 Å². The number of hydrogen-bond acceptors (Lipinski definition) is 4. The smallest absolute Gasteiger partial charge is 0.240 e. The second-order valence-corrected chi connectivity index (χ2v) is 6.41. The van der Waals surface area contributed by atoms with Gasteiger partial charge in [0.05, 0.1) is 4.90 Å². The van der Waals surface area contributed by atoms with Gasteiger partial charge >= 0.3 is 0 Å². The Morgan fingerprint density at radius 3 is 2.70 bits per heavy atom. The zero-order valence-electron chi connectivity index (χ0n) is 11.8. The van der Waals surface area contributed by atoms with Gasteiger partial charge in [0, 0.05) is 31.3 Å². The monoisotopic (exact) mass is 320 g/mol. The number of halogens is 1. The van der Waals surface area contributed by atoms with Gasteiger partial charge in [-0.25, -0.2) is 13.1 Å². The number of sulfonamides is 1. The molecule has 20 heavy (non-hydrogen) atoms. The normalized spacial score (nSPS) is 11.8. The average Bonchev–Trinajstić information content (AvgIpc) is 2.41. The number of rotatable bonds is 9. The third-order valence-electron chi connectivity index (χ3n) is 2.66. The molecule has 114 valence electrons. The zero-order chi connectivity index (χ0) is 15.0. The third-order valence-corrected chi connectivity index (χ3v) is 4.47. The van der Waals surface area contributed by atoms with Crippen LogP contribution in [0.1, 0.15) is 18.9 Å². The third kappa shape index (κ3) is 5.38. The van der Waals surface area contributed by atoms with Gasteiger partial charge in [0.15, 0.2) is 0 Å². The lowest BCUT2D eigenvalue weighted by molar-refractivity contribution is 0.146. The average molecular weight is 321 g/mol. The molecule has 0 aromatic heterocycles. The topological polar surface area (TPSA) is 67.4 Å². The van der Waals surface area contributed by atoms with Gasteiger partial charge in [-0.3, -0.25) is 0 Å². The Hall–Kier alpha value is -0.660. The Balaban J connectivity index is 2.65. The molecule has 1 aromatic carbocycles. The summed E-state index contributed by atoms with van der Waals surface area (Å²) in [6, 6.07) is 4.75. The summed E-state index contributed by atoms with van der Waals surface area (Å²) < 4.78 is 31.8. The van der Waals surface area contributed by atoms with Gasteiger partial charge in [0.2, 0.25) is 10.0 Å². The van der Waals surface area contributed by atoms with Crippen LogP contribution in [0.2, 0.25) is 5.02 Å². The van der Waals surface area contributed by atoms with Crippen molar-refractivity contribution in [2.75, 3.05) is 26.8 Å². The Labute approximate surface area is 125 Å². The molecule has 1 aromatic rings. The fraction of sp³-hybridized carbons (Fsp3) is 0.538. The summed E-state index contributed by atoms with van der Waals surface area (Å²) >= 11 is 6.06. The molecule has 0 aliphatic rings. The fourth-order valence-electron chi connectivity index (χ4n) is 1.64. The number of benzene rings is 1. The molecule has 0 amide bonds. The van der Waals surface area contributed by atoms with E-state index in [0.717, 1.165) is 5.56 Å². The highest BCUT2D eigenvalue weighted by Gasteiger charge is 2.14. The van der Waals surface area contributed by atoms with Crippen molar-refractivity contribution in [2.45, 2.75) is 24.8 Å². The van der Waals surface area contributed by atoms with Crippen LogP contribution in [0.25, 0.3) is 0 Å². The van der Waals surface area contributed by atoms with Crippen LogP contribution < -0.4 is 10.0 Å². The maximum absolute atomic E-state index is 12.1. The zero-order valence-corrected chi connectivity index (χ0v) is 13.4. The number of hydrogen-bond donors (Lipinski definition) is 2. The first-order valence-electron chi connectivity index (χ1n) is 6.51. The Morgan fingerprint density at radius 1 is 1.35 bits per heavy atom. The van der Waals surface area contributed by atoms with Gasteiger partial charge < -0.3 is 10.1 Å². The van der Waals surface area contributed by atoms with Crippen molar-refractivity contribution in [3.63, 3.8) is 0 Å². The molecule has 0 fully saturated rings. The molecule has 0 unspecified atom stereocenters.